The van der Waals surface area contributed by atoms with Crippen molar-refractivity contribution in [2.45, 2.75) is 25.9 Å². The van der Waals surface area contributed by atoms with Gasteiger partial charge in [-0.2, -0.15) is 0 Å². The van der Waals surface area contributed by atoms with E-state index in [1.165, 1.54) is 6.07 Å². The van der Waals surface area contributed by atoms with E-state index in [-0.39, 0.29) is 5.56 Å². The predicted octanol–water partition coefficient (Wildman–Crippen LogP) is 2.41. The number of aliphatic hydroxyl groups excluding tert-OH is 1. The van der Waals surface area contributed by atoms with Crippen molar-refractivity contribution in [2.75, 3.05) is 24.2 Å². The van der Waals surface area contributed by atoms with Gasteiger partial charge in [0.05, 0.1) is 6.10 Å². The molecule has 3 nitrogen and oxygen atoms in total. The Morgan fingerprint density at radius 2 is 2.06 bits per heavy atom. The lowest BCUT2D eigenvalue weighted by Crippen LogP contribution is -2.23. The highest BCUT2D eigenvalue weighted by Crippen LogP contribution is 2.31. The van der Waals surface area contributed by atoms with Crippen LogP contribution in [-0.2, 0) is 0 Å². The second-order valence-electron chi connectivity index (χ2n) is 4.18. The Bertz CT molecular complexity index is 370. The van der Waals surface area contributed by atoms with Gasteiger partial charge in [0.15, 0.2) is 0 Å². The minimum Gasteiger partial charge on any atom is -0.399 e. The molecule has 0 heterocycles. The highest BCUT2D eigenvalue weighted by molar-refractivity contribution is 5.59. The van der Waals surface area contributed by atoms with Crippen molar-refractivity contribution in [1.82, 2.24) is 0 Å². The Balaban J connectivity index is 2.88. The first-order valence-corrected chi connectivity index (χ1v) is 5.48. The van der Waals surface area contributed by atoms with Crippen LogP contribution in [0.5, 0.6) is 0 Å². The predicted molar refractivity (Wildman–Crippen MR) is 65.4 cm³/mol. The fraction of sp³-hybridized carbons (Fsp3) is 0.500. The van der Waals surface area contributed by atoms with Crippen LogP contribution < -0.4 is 10.6 Å². The number of benzene rings is 1. The fourth-order valence-corrected chi connectivity index (χ4v) is 1.60. The lowest BCUT2D eigenvalue weighted by atomic mass is 10.1. The largest absolute Gasteiger partial charge is 0.399 e. The summed E-state index contributed by atoms with van der Waals surface area (Å²) in [5, 5.41) is 9.18. The highest BCUT2D eigenvalue weighted by Gasteiger charge is 2.16. The molecule has 1 unspecified atom stereocenters. The molecular weight excluding hydrogens is 226 g/mol. The van der Waals surface area contributed by atoms with E-state index in [0.29, 0.717) is 24.3 Å². The van der Waals surface area contributed by atoms with Gasteiger partial charge in [-0.25, -0.2) is 8.78 Å². The first-order chi connectivity index (χ1) is 7.91. The quantitative estimate of drug-likeness (QED) is 0.782. The summed E-state index contributed by atoms with van der Waals surface area (Å²) in [6, 6.07) is 4.47. The average molecular weight is 244 g/mol. The summed E-state index contributed by atoms with van der Waals surface area (Å²) in [5.74, 6) is 0. The number of nitrogens with zero attached hydrogens (tertiary/aromatic N) is 1. The zero-order chi connectivity index (χ0) is 13.0. The lowest BCUT2D eigenvalue weighted by Gasteiger charge is -2.23. The summed E-state index contributed by atoms with van der Waals surface area (Å²) in [5.41, 5.74) is 6.20. The number of anilines is 2. The standard InChI is InChI=1S/C12H18F2N2O/c1-8(17)5-6-16(2)11-4-3-9(15)7-10(11)12(13)14/h3-4,7-8,12,17H,5-6,15H2,1-2H3. The van der Waals surface area contributed by atoms with Gasteiger partial charge >= 0.3 is 0 Å². The number of hydrogen-bond acceptors (Lipinski definition) is 3. The second kappa shape index (κ2) is 5.82. The van der Waals surface area contributed by atoms with Crippen LogP contribution in [-0.4, -0.2) is 24.8 Å². The van der Waals surface area contributed by atoms with Crippen LogP contribution in [0.1, 0.15) is 25.3 Å². The van der Waals surface area contributed by atoms with Gasteiger partial charge in [0, 0.05) is 30.5 Å². The van der Waals surface area contributed by atoms with Gasteiger partial charge in [0.2, 0.25) is 0 Å². The van der Waals surface area contributed by atoms with Gasteiger partial charge in [0.25, 0.3) is 6.43 Å². The molecule has 0 aliphatic heterocycles. The van der Waals surface area contributed by atoms with E-state index in [0.717, 1.165) is 0 Å². The summed E-state index contributed by atoms with van der Waals surface area (Å²) in [7, 11) is 1.72. The molecule has 0 aromatic heterocycles. The first-order valence-electron chi connectivity index (χ1n) is 5.48. The molecule has 1 atom stereocenters. The molecule has 0 bridgehead atoms. The van der Waals surface area contributed by atoms with E-state index < -0.39 is 12.5 Å². The molecule has 0 radical (unpaired) electrons. The van der Waals surface area contributed by atoms with Crippen molar-refractivity contribution in [2.24, 2.45) is 0 Å². The number of halogens is 2. The fourth-order valence-electron chi connectivity index (χ4n) is 1.60. The van der Waals surface area contributed by atoms with E-state index in [4.69, 9.17) is 5.73 Å². The van der Waals surface area contributed by atoms with Crippen molar-refractivity contribution in [3.63, 3.8) is 0 Å². The lowest BCUT2D eigenvalue weighted by molar-refractivity contribution is 0.152. The second-order valence-corrected chi connectivity index (χ2v) is 4.18. The SMILES string of the molecule is CC(O)CCN(C)c1ccc(N)cc1C(F)F. The molecule has 0 saturated heterocycles. The first kappa shape index (κ1) is 13.7. The van der Waals surface area contributed by atoms with Crippen molar-refractivity contribution < 1.29 is 13.9 Å². The number of nitrogen functional groups attached to an aromatic ring is 1. The third-order valence-corrected chi connectivity index (χ3v) is 2.58. The molecule has 1 aromatic carbocycles. The molecular formula is C12H18F2N2O. The minimum atomic E-state index is -2.55. The zero-order valence-corrected chi connectivity index (χ0v) is 10.0. The van der Waals surface area contributed by atoms with Crippen LogP contribution in [0.2, 0.25) is 0 Å². The number of hydrogen-bond donors (Lipinski definition) is 2. The van der Waals surface area contributed by atoms with E-state index in [1.54, 1.807) is 31.0 Å². The third kappa shape index (κ3) is 3.85. The summed E-state index contributed by atoms with van der Waals surface area (Å²) >= 11 is 0. The molecule has 17 heavy (non-hydrogen) atoms. The Labute approximate surface area is 99.8 Å². The summed E-state index contributed by atoms with van der Waals surface area (Å²) in [6.45, 7) is 2.19. The van der Waals surface area contributed by atoms with Gasteiger partial charge in [-0.05, 0) is 31.5 Å². The molecule has 96 valence electrons. The van der Waals surface area contributed by atoms with Crippen LogP contribution in [0.25, 0.3) is 0 Å². The third-order valence-electron chi connectivity index (χ3n) is 2.58. The Hall–Kier alpha value is -1.36. The molecule has 0 spiro atoms. The smallest absolute Gasteiger partial charge is 0.265 e. The molecule has 0 saturated carbocycles. The molecule has 3 N–H and O–H groups in total. The van der Waals surface area contributed by atoms with E-state index in [2.05, 4.69) is 0 Å². The zero-order valence-electron chi connectivity index (χ0n) is 10.0. The van der Waals surface area contributed by atoms with E-state index in [1.807, 2.05) is 0 Å². The Kier molecular flexibility index (Phi) is 4.69. The number of alkyl halides is 2. The summed E-state index contributed by atoms with van der Waals surface area (Å²) in [4.78, 5) is 1.70. The number of aliphatic hydroxyl groups is 1. The van der Waals surface area contributed by atoms with Crippen LogP contribution >= 0.6 is 0 Å². The van der Waals surface area contributed by atoms with Gasteiger partial charge in [-0.1, -0.05) is 0 Å². The Morgan fingerprint density at radius 3 is 2.59 bits per heavy atom. The van der Waals surface area contributed by atoms with E-state index in [9.17, 15) is 13.9 Å². The molecule has 1 aromatic rings. The summed E-state index contributed by atoms with van der Waals surface area (Å²) in [6.07, 6.45) is -2.47. The normalized spacial score (nSPS) is 12.8. The van der Waals surface area contributed by atoms with Crippen LogP contribution in [0, 0.1) is 0 Å². The van der Waals surface area contributed by atoms with Gasteiger partial charge in [-0.15, -0.1) is 0 Å². The highest BCUT2D eigenvalue weighted by atomic mass is 19.3. The van der Waals surface area contributed by atoms with Crippen LogP contribution in [0.15, 0.2) is 18.2 Å². The van der Waals surface area contributed by atoms with Crippen LogP contribution in [0.3, 0.4) is 0 Å². The maximum absolute atomic E-state index is 12.8. The van der Waals surface area contributed by atoms with E-state index >= 15 is 0 Å². The molecule has 0 fully saturated rings. The van der Waals surface area contributed by atoms with Gasteiger partial charge in [0.1, 0.15) is 0 Å². The van der Waals surface area contributed by atoms with Gasteiger partial charge < -0.3 is 15.7 Å². The topological polar surface area (TPSA) is 49.5 Å². The van der Waals surface area contributed by atoms with Gasteiger partial charge in [-0.3, -0.25) is 0 Å². The van der Waals surface area contributed by atoms with Crippen LogP contribution in [0.4, 0.5) is 20.2 Å². The molecule has 0 amide bonds. The molecule has 1 rings (SSSR count). The molecule has 0 aliphatic carbocycles. The number of nitrogens with two attached hydrogens (primary N) is 1. The average Bonchev–Trinajstić information content (AvgIpc) is 2.25. The minimum absolute atomic E-state index is 0.0712. The molecule has 5 heteroatoms. The number of rotatable bonds is 5. The maximum Gasteiger partial charge on any atom is 0.265 e. The van der Waals surface area contributed by atoms with Crippen molar-refractivity contribution in [3.05, 3.63) is 23.8 Å². The molecule has 0 aliphatic rings. The van der Waals surface area contributed by atoms with Crippen molar-refractivity contribution >= 4 is 11.4 Å². The monoisotopic (exact) mass is 244 g/mol. The summed E-state index contributed by atoms with van der Waals surface area (Å²) < 4.78 is 25.7. The van der Waals surface area contributed by atoms with Crippen molar-refractivity contribution in [1.29, 1.82) is 0 Å². The Morgan fingerprint density at radius 1 is 1.41 bits per heavy atom. The maximum atomic E-state index is 12.8. The van der Waals surface area contributed by atoms with Crippen molar-refractivity contribution in [3.8, 4) is 0 Å².